The monoisotopic (exact) mass is 314 g/mol. The van der Waals surface area contributed by atoms with Crippen molar-refractivity contribution in [3.05, 3.63) is 33.9 Å². The minimum Gasteiger partial charge on any atom is -0.481 e. The van der Waals surface area contributed by atoms with Crippen LogP contribution in [-0.4, -0.2) is 41.8 Å². The number of nitrogens with zero attached hydrogens (tertiary/aromatic N) is 2. The molecule has 1 saturated heterocycles. The lowest BCUT2D eigenvalue weighted by atomic mass is 10.00. The maximum absolute atomic E-state index is 12.4. The molecule has 0 amide bonds. The SMILES string of the molecule is Cc1cc([N+](=O)[O-])ccc1S(=O)(=O)N1CC(CC(=O)O)C1. The van der Waals surface area contributed by atoms with Crippen molar-refractivity contribution in [2.24, 2.45) is 5.92 Å². The summed E-state index contributed by atoms with van der Waals surface area (Å²) >= 11 is 0. The van der Waals surface area contributed by atoms with E-state index >= 15 is 0 Å². The van der Waals surface area contributed by atoms with E-state index in [1.807, 2.05) is 0 Å². The third-order valence-electron chi connectivity index (χ3n) is 3.37. The molecule has 0 saturated carbocycles. The van der Waals surface area contributed by atoms with Gasteiger partial charge in [0.2, 0.25) is 10.0 Å². The Bertz CT molecular complexity index is 694. The second-order valence-electron chi connectivity index (χ2n) is 4.99. The number of benzene rings is 1. The lowest BCUT2D eigenvalue weighted by molar-refractivity contribution is -0.385. The van der Waals surface area contributed by atoms with Crippen molar-refractivity contribution in [3.63, 3.8) is 0 Å². The van der Waals surface area contributed by atoms with Crippen molar-refractivity contribution in [2.45, 2.75) is 18.2 Å². The van der Waals surface area contributed by atoms with Crippen LogP contribution < -0.4 is 0 Å². The minimum absolute atomic E-state index is 0.0156. The smallest absolute Gasteiger partial charge is 0.303 e. The van der Waals surface area contributed by atoms with Gasteiger partial charge in [-0.15, -0.1) is 0 Å². The molecule has 0 aliphatic carbocycles. The Labute approximate surface area is 121 Å². The molecule has 0 atom stereocenters. The molecule has 0 unspecified atom stereocenters. The van der Waals surface area contributed by atoms with Crippen molar-refractivity contribution in [3.8, 4) is 0 Å². The van der Waals surface area contributed by atoms with Crippen LogP contribution in [-0.2, 0) is 14.8 Å². The Morgan fingerprint density at radius 1 is 1.48 bits per heavy atom. The third kappa shape index (κ3) is 3.03. The van der Waals surface area contributed by atoms with Crippen molar-refractivity contribution >= 4 is 21.7 Å². The van der Waals surface area contributed by atoms with Crippen molar-refractivity contribution in [1.29, 1.82) is 0 Å². The minimum atomic E-state index is -3.73. The standard InChI is InChI=1S/C12H14N2O6S/c1-8-4-10(14(17)18)2-3-11(8)21(19,20)13-6-9(7-13)5-12(15)16/h2-4,9H,5-7H2,1H3,(H,15,16). The first-order chi connectivity index (χ1) is 9.71. The van der Waals surface area contributed by atoms with E-state index in [2.05, 4.69) is 0 Å². The molecule has 1 aromatic rings. The Morgan fingerprint density at radius 2 is 2.10 bits per heavy atom. The number of nitro benzene ring substituents is 1. The Hall–Kier alpha value is -2.00. The second-order valence-corrected chi connectivity index (χ2v) is 6.90. The molecular formula is C12H14N2O6S. The predicted molar refractivity (Wildman–Crippen MR) is 72.3 cm³/mol. The van der Waals surface area contributed by atoms with Crippen LogP contribution in [0.1, 0.15) is 12.0 Å². The molecule has 1 fully saturated rings. The van der Waals surface area contributed by atoms with Crippen LogP contribution in [0.5, 0.6) is 0 Å². The summed E-state index contributed by atoms with van der Waals surface area (Å²) in [5.74, 6) is -1.14. The molecule has 1 heterocycles. The van der Waals surface area contributed by atoms with E-state index < -0.39 is 20.9 Å². The number of non-ortho nitro benzene ring substituents is 1. The molecule has 0 aromatic heterocycles. The van der Waals surface area contributed by atoms with Gasteiger partial charge in [-0.1, -0.05) is 0 Å². The van der Waals surface area contributed by atoms with E-state index in [0.29, 0.717) is 5.56 Å². The summed E-state index contributed by atoms with van der Waals surface area (Å²) in [4.78, 5) is 20.6. The van der Waals surface area contributed by atoms with E-state index in [9.17, 15) is 23.3 Å². The van der Waals surface area contributed by atoms with Gasteiger partial charge in [0.25, 0.3) is 5.69 Å². The average Bonchev–Trinajstić information content (AvgIpc) is 2.32. The fourth-order valence-electron chi connectivity index (χ4n) is 2.27. The molecule has 114 valence electrons. The zero-order valence-corrected chi connectivity index (χ0v) is 12.0. The highest BCUT2D eigenvalue weighted by Crippen LogP contribution is 2.30. The van der Waals surface area contributed by atoms with E-state index in [0.717, 1.165) is 6.07 Å². The van der Waals surface area contributed by atoms with Gasteiger partial charge in [-0.05, 0) is 24.5 Å². The lowest BCUT2D eigenvalue weighted by Crippen LogP contribution is -2.50. The molecular weight excluding hydrogens is 300 g/mol. The number of carboxylic acids is 1. The van der Waals surface area contributed by atoms with Gasteiger partial charge in [-0.3, -0.25) is 14.9 Å². The summed E-state index contributed by atoms with van der Waals surface area (Å²) in [6, 6.07) is 3.57. The summed E-state index contributed by atoms with van der Waals surface area (Å²) in [7, 11) is -3.73. The zero-order valence-electron chi connectivity index (χ0n) is 11.2. The van der Waals surface area contributed by atoms with Crippen LogP contribution in [0.2, 0.25) is 0 Å². The second kappa shape index (κ2) is 5.41. The molecule has 9 heteroatoms. The third-order valence-corrected chi connectivity index (χ3v) is 5.37. The van der Waals surface area contributed by atoms with Gasteiger partial charge in [0, 0.05) is 25.2 Å². The molecule has 0 radical (unpaired) electrons. The quantitative estimate of drug-likeness (QED) is 0.640. The Morgan fingerprint density at radius 3 is 2.57 bits per heavy atom. The molecule has 1 aliphatic heterocycles. The van der Waals surface area contributed by atoms with E-state index in [4.69, 9.17) is 5.11 Å². The van der Waals surface area contributed by atoms with Crippen molar-refractivity contribution in [1.82, 2.24) is 4.31 Å². The summed E-state index contributed by atoms with van der Waals surface area (Å²) in [5.41, 5.74) is 0.129. The van der Waals surface area contributed by atoms with Gasteiger partial charge in [0.15, 0.2) is 0 Å². The van der Waals surface area contributed by atoms with Crippen LogP contribution in [0.3, 0.4) is 0 Å². The maximum atomic E-state index is 12.4. The van der Waals surface area contributed by atoms with Gasteiger partial charge >= 0.3 is 5.97 Å². The number of hydrogen-bond acceptors (Lipinski definition) is 5. The zero-order chi connectivity index (χ0) is 15.8. The molecule has 21 heavy (non-hydrogen) atoms. The molecule has 1 N–H and O–H groups in total. The number of rotatable bonds is 5. The van der Waals surface area contributed by atoms with E-state index in [-0.39, 0.29) is 36.0 Å². The average molecular weight is 314 g/mol. The fourth-order valence-corrected chi connectivity index (χ4v) is 4.07. The fraction of sp³-hybridized carbons (Fsp3) is 0.417. The Kier molecular flexibility index (Phi) is 3.97. The van der Waals surface area contributed by atoms with Gasteiger partial charge in [-0.25, -0.2) is 8.42 Å². The number of carbonyl (C=O) groups is 1. The first kappa shape index (κ1) is 15.4. The topological polar surface area (TPSA) is 118 Å². The highest BCUT2D eigenvalue weighted by Gasteiger charge is 2.38. The highest BCUT2D eigenvalue weighted by atomic mass is 32.2. The maximum Gasteiger partial charge on any atom is 0.303 e. The van der Waals surface area contributed by atoms with E-state index in [1.165, 1.54) is 23.4 Å². The first-order valence-corrected chi connectivity index (χ1v) is 7.63. The van der Waals surface area contributed by atoms with Gasteiger partial charge in [0.05, 0.1) is 16.2 Å². The summed E-state index contributed by atoms with van der Waals surface area (Å²) in [6.07, 6.45) is -0.0642. The van der Waals surface area contributed by atoms with Crippen LogP contribution in [0.25, 0.3) is 0 Å². The summed E-state index contributed by atoms with van der Waals surface area (Å²) in [6.45, 7) is 1.81. The van der Waals surface area contributed by atoms with Gasteiger partial charge < -0.3 is 5.11 Å². The Balaban J connectivity index is 2.18. The van der Waals surface area contributed by atoms with Crippen molar-refractivity contribution in [2.75, 3.05) is 13.1 Å². The van der Waals surface area contributed by atoms with Gasteiger partial charge in [0.1, 0.15) is 0 Å². The normalized spacial score (nSPS) is 16.4. The first-order valence-electron chi connectivity index (χ1n) is 6.19. The number of nitro groups is 1. The molecule has 2 rings (SSSR count). The van der Waals surface area contributed by atoms with E-state index in [1.54, 1.807) is 0 Å². The largest absolute Gasteiger partial charge is 0.481 e. The molecule has 8 nitrogen and oxygen atoms in total. The van der Waals surface area contributed by atoms with Gasteiger partial charge in [-0.2, -0.15) is 4.31 Å². The van der Waals surface area contributed by atoms with Crippen LogP contribution >= 0.6 is 0 Å². The van der Waals surface area contributed by atoms with Crippen LogP contribution in [0.15, 0.2) is 23.1 Å². The number of sulfonamides is 1. The molecule has 1 aliphatic rings. The van der Waals surface area contributed by atoms with Crippen molar-refractivity contribution < 1.29 is 23.2 Å². The summed E-state index contributed by atoms with van der Waals surface area (Å²) < 4.78 is 25.9. The van der Waals surface area contributed by atoms with Crippen LogP contribution in [0, 0.1) is 23.0 Å². The number of hydrogen-bond donors (Lipinski definition) is 1. The number of aliphatic carboxylic acids is 1. The molecule has 0 bridgehead atoms. The number of carboxylic acid groups (broad SMARTS) is 1. The molecule has 0 spiro atoms. The lowest BCUT2D eigenvalue weighted by Gasteiger charge is -2.37. The summed E-state index contributed by atoms with van der Waals surface area (Å²) in [5, 5.41) is 19.3. The number of aryl methyl sites for hydroxylation is 1. The predicted octanol–water partition coefficient (Wildman–Crippen LogP) is 0.998. The van der Waals surface area contributed by atoms with Crippen LogP contribution in [0.4, 0.5) is 5.69 Å². The highest BCUT2D eigenvalue weighted by molar-refractivity contribution is 7.89. The molecule has 1 aromatic carbocycles.